The van der Waals surface area contributed by atoms with Crippen LogP contribution >= 0.6 is 0 Å². The lowest BCUT2D eigenvalue weighted by atomic mass is 10.2. The van der Waals surface area contributed by atoms with Crippen molar-refractivity contribution < 1.29 is 18.3 Å². The molecule has 128 valence electrons. The number of nitrogens with zero attached hydrogens (tertiary/aromatic N) is 4. The molecule has 1 N–H and O–H groups in total. The highest BCUT2D eigenvalue weighted by Crippen LogP contribution is 2.22. The van der Waals surface area contributed by atoms with Crippen LogP contribution in [0.15, 0.2) is 18.5 Å². The van der Waals surface area contributed by atoms with Gasteiger partial charge in [-0.05, 0) is 6.07 Å². The number of morpholine rings is 1. The normalized spacial score (nSPS) is 21.5. The van der Waals surface area contributed by atoms with E-state index >= 15 is 0 Å². The van der Waals surface area contributed by atoms with Crippen molar-refractivity contribution in [2.75, 3.05) is 57.4 Å². The van der Waals surface area contributed by atoms with Crippen molar-refractivity contribution in [3.05, 3.63) is 24.0 Å². The zero-order valence-electron chi connectivity index (χ0n) is 13.0. The van der Waals surface area contributed by atoms with E-state index in [1.165, 1.54) is 8.61 Å². The molecule has 0 unspecified atom stereocenters. The van der Waals surface area contributed by atoms with Crippen LogP contribution in [0.3, 0.4) is 0 Å². The number of ether oxygens (including phenoxy) is 1. The van der Waals surface area contributed by atoms with Crippen molar-refractivity contribution in [2.45, 2.75) is 6.61 Å². The third-order valence-electron chi connectivity index (χ3n) is 4.25. The zero-order valence-corrected chi connectivity index (χ0v) is 13.8. The zero-order chi connectivity index (χ0) is 16.3. The van der Waals surface area contributed by atoms with Gasteiger partial charge < -0.3 is 14.7 Å². The molecule has 0 atom stereocenters. The summed E-state index contributed by atoms with van der Waals surface area (Å²) in [5.74, 6) is 0. The molecule has 0 radical (unpaired) electrons. The van der Waals surface area contributed by atoms with E-state index in [-0.39, 0.29) is 6.61 Å². The minimum atomic E-state index is -3.41. The van der Waals surface area contributed by atoms with Crippen LogP contribution in [-0.4, -0.2) is 79.6 Å². The van der Waals surface area contributed by atoms with Gasteiger partial charge in [0.15, 0.2) is 0 Å². The largest absolute Gasteiger partial charge is 0.392 e. The number of aliphatic hydroxyl groups is 1. The van der Waals surface area contributed by atoms with Gasteiger partial charge in [0.2, 0.25) is 0 Å². The van der Waals surface area contributed by atoms with Gasteiger partial charge in [-0.25, -0.2) is 0 Å². The standard InChI is InChI=1S/C14H22N4O4S/c19-12-13-11-15-2-1-14(13)16-3-5-17(6-4-16)23(20,21)18-7-9-22-10-8-18/h1-2,11,19H,3-10,12H2. The van der Waals surface area contributed by atoms with Crippen molar-refractivity contribution in [1.29, 1.82) is 0 Å². The molecule has 1 aromatic rings. The smallest absolute Gasteiger partial charge is 0.282 e. The van der Waals surface area contributed by atoms with Crippen LogP contribution in [0, 0.1) is 0 Å². The van der Waals surface area contributed by atoms with Gasteiger partial charge in [-0.15, -0.1) is 0 Å². The molecule has 0 aromatic carbocycles. The fourth-order valence-corrected chi connectivity index (χ4v) is 4.51. The van der Waals surface area contributed by atoms with Crippen molar-refractivity contribution in [3.8, 4) is 0 Å². The molecule has 0 amide bonds. The minimum absolute atomic E-state index is 0.0739. The first-order valence-electron chi connectivity index (χ1n) is 7.74. The Labute approximate surface area is 136 Å². The molecule has 2 aliphatic rings. The average molecular weight is 342 g/mol. The number of hydrogen-bond donors (Lipinski definition) is 1. The number of aromatic nitrogens is 1. The van der Waals surface area contributed by atoms with Gasteiger partial charge in [-0.3, -0.25) is 4.98 Å². The Bertz CT molecular complexity index is 625. The molecule has 2 saturated heterocycles. The second-order valence-corrected chi connectivity index (χ2v) is 7.50. The van der Waals surface area contributed by atoms with Gasteiger partial charge in [0.05, 0.1) is 19.8 Å². The van der Waals surface area contributed by atoms with Gasteiger partial charge in [-0.1, -0.05) is 0 Å². The lowest BCUT2D eigenvalue weighted by molar-refractivity contribution is 0.0700. The Morgan fingerprint density at radius 2 is 1.74 bits per heavy atom. The van der Waals surface area contributed by atoms with Crippen molar-refractivity contribution in [1.82, 2.24) is 13.6 Å². The van der Waals surface area contributed by atoms with E-state index in [0.29, 0.717) is 52.5 Å². The summed E-state index contributed by atoms with van der Waals surface area (Å²) in [6, 6.07) is 1.86. The molecular weight excluding hydrogens is 320 g/mol. The number of rotatable bonds is 4. The van der Waals surface area contributed by atoms with Crippen LogP contribution < -0.4 is 4.90 Å². The Hall–Kier alpha value is -1.26. The summed E-state index contributed by atoms with van der Waals surface area (Å²) >= 11 is 0. The van der Waals surface area contributed by atoms with Crippen molar-refractivity contribution in [3.63, 3.8) is 0 Å². The molecule has 3 rings (SSSR count). The maximum atomic E-state index is 12.6. The number of anilines is 1. The number of hydrogen-bond acceptors (Lipinski definition) is 6. The molecule has 2 fully saturated rings. The molecule has 0 saturated carbocycles. The summed E-state index contributed by atoms with van der Waals surface area (Å²) in [5, 5.41) is 9.41. The van der Waals surface area contributed by atoms with E-state index in [1.54, 1.807) is 12.4 Å². The first-order chi connectivity index (χ1) is 11.1. The van der Waals surface area contributed by atoms with E-state index in [9.17, 15) is 13.5 Å². The predicted octanol–water partition coefficient (Wildman–Crippen LogP) is -0.727. The Balaban J connectivity index is 1.66. The third kappa shape index (κ3) is 3.48. The molecular formula is C14H22N4O4S. The fourth-order valence-electron chi connectivity index (χ4n) is 2.95. The molecule has 0 bridgehead atoms. The van der Waals surface area contributed by atoms with Crippen LogP contribution in [-0.2, 0) is 21.6 Å². The monoisotopic (exact) mass is 342 g/mol. The minimum Gasteiger partial charge on any atom is -0.392 e. The van der Waals surface area contributed by atoms with E-state index in [4.69, 9.17) is 4.74 Å². The van der Waals surface area contributed by atoms with Crippen molar-refractivity contribution in [2.24, 2.45) is 0 Å². The van der Waals surface area contributed by atoms with Crippen LogP contribution in [0.2, 0.25) is 0 Å². The summed E-state index contributed by atoms with van der Waals surface area (Å²) < 4.78 is 33.5. The summed E-state index contributed by atoms with van der Waals surface area (Å²) in [7, 11) is -3.41. The third-order valence-corrected chi connectivity index (χ3v) is 6.29. The van der Waals surface area contributed by atoms with Crippen LogP contribution in [0.25, 0.3) is 0 Å². The van der Waals surface area contributed by atoms with E-state index in [2.05, 4.69) is 9.88 Å². The Morgan fingerprint density at radius 1 is 1.09 bits per heavy atom. The molecule has 9 heteroatoms. The number of piperazine rings is 1. The molecule has 3 heterocycles. The quantitative estimate of drug-likeness (QED) is 0.777. The van der Waals surface area contributed by atoms with Crippen LogP contribution in [0.4, 0.5) is 5.69 Å². The van der Waals surface area contributed by atoms with Gasteiger partial charge >= 0.3 is 0 Å². The fraction of sp³-hybridized carbons (Fsp3) is 0.643. The highest BCUT2D eigenvalue weighted by atomic mass is 32.2. The first-order valence-corrected chi connectivity index (χ1v) is 9.14. The lowest BCUT2D eigenvalue weighted by Gasteiger charge is -2.38. The SMILES string of the molecule is O=S(=O)(N1CCOCC1)N1CCN(c2ccncc2CO)CC1. The maximum absolute atomic E-state index is 12.6. The molecule has 8 nitrogen and oxygen atoms in total. The Kier molecular flexibility index (Phi) is 5.12. The van der Waals surface area contributed by atoms with Gasteiger partial charge in [0, 0.05) is 62.9 Å². The molecule has 0 spiro atoms. The number of pyridine rings is 1. The summed E-state index contributed by atoms with van der Waals surface area (Å²) in [6.07, 6.45) is 3.33. The molecule has 0 aliphatic carbocycles. The molecule has 23 heavy (non-hydrogen) atoms. The van der Waals surface area contributed by atoms with E-state index in [1.807, 2.05) is 6.07 Å². The topological polar surface area (TPSA) is 86.2 Å². The maximum Gasteiger partial charge on any atom is 0.282 e. The second-order valence-electron chi connectivity index (χ2n) is 5.57. The summed E-state index contributed by atoms with van der Waals surface area (Å²) in [4.78, 5) is 6.11. The Morgan fingerprint density at radius 3 is 2.39 bits per heavy atom. The first kappa shape index (κ1) is 16.6. The second kappa shape index (κ2) is 7.10. The van der Waals surface area contributed by atoms with E-state index in [0.717, 1.165) is 11.3 Å². The van der Waals surface area contributed by atoms with Crippen molar-refractivity contribution >= 4 is 15.9 Å². The van der Waals surface area contributed by atoms with Gasteiger partial charge in [0.25, 0.3) is 10.2 Å². The van der Waals surface area contributed by atoms with E-state index < -0.39 is 10.2 Å². The van der Waals surface area contributed by atoms with Crippen LogP contribution in [0.5, 0.6) is 0 Å². The average Bonchev–Trinajstić information content (AvgIpc) is 2.62. The van der Waals surface area contributed by atoms with Crippen LogP contribution in [0.1, 0.15) is 5.56 Å². The molecule has 2 aliphatic heterocycles. The summed E-state index contributed by atoms with van der Waals surface area (Å²) in [6.45, 7) is 3.74. The summed E-state index contributed by atoms with van der Waals surface area (Å²) in [5.41, 5.74) is 1.68. The van der Waals surface area contributed by atoms with Gasteiger partial charge in [0.1, 0.15) is 0 Å². The van der Waals surface area contributed by atoms with Gasteiger partial charge in [-0.2, -0.15) is 17.0 Å². The highest BCUT2D eigenvalue weighted by molar-refractivity contribution is 7.86. The highest BCUT2D eigenvalue weighted by Gasteiger charge is 2.33. The molecule has 1 aromatic heterocycles. The predicted molar refractivity (Wildman–Crippen MR) is 85.3 cm³/mol. The number of aliphatic hydroxyl groups excluding tert-OH is 1. The lowest BCUT2D eigenvalue weighted by Crippen LogP contribution is -2.55.